The second kappa shape index (κ2) is 12.7. The first-order valence-electron chi connectivity index (χ1n) is 13.1. The molecule has 8 nitrogen and oxygen atoms in total. The first-order chi connectivity index (χ1) is 18.5. The molecule has 2 fully saturated rings. The normalized spacial score (nSPS) is 22.2. The van der Waals surface area contributed by atoms with Crippen molar-refractivity contribution in [3.05, 3.63) is 76.8 Å². The summed E-state index contributed by atoms with van der Waals surface area (Å²) >= 11 is 12.7. The number of aromatic nitrogens is 2. The highest BCUT2D eigenvalue weighted by Crippen LogP contribution is 2.40. The average Bonchev–Trinajstić information content (AvgIpc) is 3.59. The van der Waals surface area contributed by atoms with Crippen molar-refractivity contribution in [1.82, 2.24) is 14.5 Å². The van der Waals surface area contributed by atoms with E-state index in [1.54, 1.807) is 24.7 Å². The zero-order valence-electron chi connectivity index (χ0n) is 21.6. The van der Waals surface area contributed by atoms with Gasteiger partial charge < -0.3 is 28.4 Å². The lowest BCUT2D eigenvalue weighted by atomic mass is 10.1. The summed E-state index contributed by atoms with van der Waals surface area (Å²) in [6, 6.07) is 13.6. The Bertz CT molecular complexity index is 1160. The molecule has 2 atom stereocenters. The van der Waals surface area contributed by atoms with Crippen LogP contribution in [0.3, 0.4) is 0 Å². The van der Waals surface area contributed by atoms with E-state index < -0.39 is 5.79 Å². The van der Waals surface area contributed by atoms with Crippen LogP contribution >= 0.6 is 23.2 Å². The summed E-state index contributed by atoms with van der Waals surface area (Å²) < 4.78 is 26.2. The van der Waals surface area contributed by atoms with Gasteiger partial charge in [0.15, 0.2) is 0 Å². The van der Waals surface area contributed by atoms with E-state index in [0.29, 0.717) is 29.8 Å². The number of nitrogens with zero attached hydrogens (tertiary/aromatic N) is 4. The van der Waals surface area contributed by atoms with Crippen molar-refractivity contribution >= 4 is 28.9 Å². The van der Waals surface area contributed by atoms with Crippen LogP contribution in [-0.2, 0) is 26.5 Å². The summed E-state index contributed by atoms with van der Waals surface area (Å²) in [5.41, 5.74) is 1.93. The third-order valence-electron chi connectivity index (χ3n) is 6.92. The molecule has 0 saturated carbocycles. The number of rotatable bonds is 11. The van der Waals surface area contributed by atoms with Crippen LogP contribution in [0.2, 0.25) is 10.0 Å². The molecule has 3 heterocycles. The zero-order chi connectivity index (χ0) is 26.4. The van der Waals surface area contributed by atoms with Gasteiger partial charge in [0.05, 0.1) is 31.1 Å². The number of hydrogen-bond donors (Lipinski definition) is 0. The molecule has 0 bridgehead atoms. The first kappa shape index (κ1) is 27.2. The molecule has 2 aliphatic rings. The van der Waals surface area contributed by atoms with E-state index >= 15 is 0 Å². The Morgan fingerprint density at radius 1 is 1.08 bits per heavy atom. The lowest BCUT2D eigenvalue weighted by Gasteiger charge is -2.36. The second-order valence-electron chi connectivity index (χ2n) is 9.49. The molecule has 204 valence electrons. The van der Waals surface area contributed by atoms with Crippen molar-refractivity contribution in [2.24, 2.45) is 0 Å². The summed E-state index contributed by atoms with van der Waals surface area (Å²) in [5, 5.41) is 1.05. The van der Waals surface area contributed by atoms with Crippen molar-refractivity contribution in [2.75, 3.05) is 64.1 Å². The molecule has 0 N–H and O–H groups in total. The molecule has 0 aliphatic carbocycles. The Balaban J connectivity index is 1.16. The SMILES string of the molecule is CCOCCN1CCN(c2ccc(OCC3COC(Cn4ccnc4)(c4ccc(Cl)cc4Cl)O3)cc2)CC1. The van der Waals surface area contributed by atoms with E-state index in [-0.39, 0.29) is 6.10 Å². The Morgan fingerprint density at radius 2 is 1.89 bits per heavy atom. The number of anilines is 1. The van der Waals surface area contributed by atoms with Gasteiger partial charge in [0.1, 0.15) is 18.5 Å². The Hall–Kier alpha value is -2.33. The molecule has 2 aromatic carbocycles. The van der Waals surface area contributed by atoms with E-state index in [9.17, 15) is 0 Å². The van der Waals surface area contributed by atoms with Gasteiger partial charge in [0.25, 0.3) is 0 Å². The van der Waals surface area contributed by atoms with Crippen LogP contribution in [0.4, 0.5) is 5.69 Å². The lowest BCUT2D eigenvalue weighted by Crippen LogP contribution is -2.47. The van der Waals surface area contributed by atoms with Gasteiger partial charge in [0, 0.05) is 68.0 Å². The lowest BCUT2D eigenvalue weighted by molar-refractivity contribution is -0.189. The topological polar surface area (TPSA) is 61.2 Å². The number of piperazine rings is 1. The van der Waals surface area contributed by atoms with Crippen molar-refractivity contribution in [3.63, 3.8) is 0 Å². The molecular weight excluding hydrogens is 527 g/mol. The van der Waals surface area contributed by atoms with Crippen LogP contribution in [-0.4, -0.2) is 79.7 Å². The fourth-order valence-corrected chi connectivity index (χ4v) is 5.44. The van der Waals surface area contributed by atoms with Crippen LogP contribution in [0.5, 0.6) is 5.75 Å². The van der Waals surface area contributed by atoms with Crippen molar-refractivity contribution in [2.45, 2.75) is 25.4 Å². The van der Waals surface area contributed by atoms with E-state index in [0.717, 1.165) is 57.3 Å². The van der Waals surface area contributed by atoms with E-state index in [1.807, 2.05) is 35.9 Å². The highest BCUT2D eigenvalue weighted by molar-refractivity contribution is 6.35. The Morgan fingerprint density at radius 3 is 2.61 bits per heavy atom. The fraction of sp³-hybridized carbons (Fsp3) is 0.464. The van der Waals surface area contributed by atoms with Crippen LogP contribution in [0, 0.1) is 0 Å². The third-order valence-corrected chi connectivity index (χ3v) is 7.46. The molecule has 2 aliphatic heterocycles. The highest BCUT2D eigenvalue weighted by Gasteiger charge is 2.45. The van der Waals surface area contributed by atoms with Gasteiger partial charge in [-0.15, -0.1) is 0 Å². The van der Waals surface area contributed by atoms with Crippen LogP contribution < -0.4 is 9.64 Å². The average molecular weight is 562 g/mol. The zero-order valence-corrected chi connectivity index (χ0v) is 23.1. The van der Waals surface area contributed by atoms with Crippen LogP contribution in [0.25, 0.3) is 0 Å². The molecule has 0 spiro atoms. The number of halogens is 2. The number of hydrogen-bond acceptors (Lipinski definition) is 7. The third kappa shape index (κ3) is 6.62. The summed E-state index contributed by atoms with van der Waals surface area (Å²) in [5.74, 6) is -0.269. The number of benzene rings is 2. The first-order valence-corrected chi connectivity index (χ1v) is 13.8. The molecule has 0 amide bonds. The van der Waals surface area contributed by atoms with Gasteiger partial charge >= 0.3 is 0 Å². The van der Waals surface area contributed by atoms with E-state index in [2.05, 4.69) is 26.9 Å². The van der Waals surface area contributed by atoms with Crippen molar-refractivity contribution in [1.29, 1.82) is 0 Å². The minimum atomic E-state index is -1.06. The maximum Gasteiger partial charge on any atom is 0.215 e. The van der Waals surface area contributed by atoms with Gasteiger partial charge in [-0.05, 0) is 43.3 Å². The highest BCUT2D eigenvalue weighted by atomic mass is 35.5. The predicted molar refractivity (Wildman–Crippen MR) is 148 cm³/mol. The number of ether oxygens (including phenoxy) is 4. The molecule has 1 aromatic heterocycles. The van der Waals surface area contributed by atoms with Crippen LogP contribution in [0.1, 0.15) is 12.5 Å². The smallest absolute Gasteiger partial charge is 0.215 e. The van der Waals surface area contributed by atoms with Gasteiger partial charge in [-0.25, -0.2) is 4.98 Å². The van der Waals surface area contributed by atoms with E-state index in [4.69, 9.17) is 42.1 Å². The molecule has 2 unspecified atom stereocenters. The minimum Gasteiger partial charge on any atom is -0.491 e. The molecule has 2 saturated heterocycles. The molecule has 0 radical (unpaired) electrons. The monoisotopic (exact) mass is 560 g/mol. The van der Waals surface area contributed by atoms with Gasteiger partial charge in [-0.3, -0.25) is 4.90 Å². The van der Waals surface area contributed by atoms with Crippen molar-refractivity contribution < 1.29 is 18.9 Å². The predicted octanol–water partition coefficient (Wildman–Crippen LogP) is 4.70. The molecule has 38 heavy (non-hydrogen) atoms. The molecule has 10 heteroatoms. The van der Waals surface area contributed by atoms with E-state index in [1.165, 1.54) is 5.69 Å². The Kier molecular flexibility index (Phi) is 9.09. The summed E-state index contributed by atoms with van der Waals surface area (Å²) in [4.78, 5) is 9.01. The number of imidazole rings is 1. The maximum absolute atomic E-state index is 6.56. The van der Waals surface area contributed by atoms with Gasteiger partial charge in [-0.1, -0.05) is 29.3 Å². The summed E-state index contributed by atoms with van der Waals surface area (Å²) in [6.07, 6.45) is 5.04. The standard InChI is InChI=1S/C28H34Cl2N4O4/c1-2-35-16-15-32-11-13-34(14-12-32)23-4-6-24(7-5-23)36-18-25-19-37-28(38-25,20-33-10-9-31-21-33)26-8-3-22(29)17-27(26)30/h3-10,17,21,25H,2,11-16,18-20H2,1H3. The minimum absolute atomic E-state index is 0.269. The summed E-state index contributed by atoms with van der Waals surface area (Å²) in [6.45, 7) is 9.84. The van der Waals surface area contributed by atoms with Gasteiger partial charge in [0.2, 0.25) is 5.79 Å². The molecule has 5 rings (SSSR count). The second-order valence-corrected chi connectivity index (χ2v) is 10.3. The molecular formula is C28H34Cl2N4O4. The fourth-order valence-electron chi connectivity index (χ4n) is 4.89. The largest absolute Gasteiger partial charge is 0.491 e. The van der Waals surface area contributed by atoms with Crippen molar-refractivity contribution in [3.8, 4) is 5.75 Å². The quantitative estimate of drug-likeness (QED) is 0.315. The molecule has 3 aromatic rings. The maximum atomic E-state index is 6.56. The Labute approximate surface area is 233 Å². The summed E-state index contributed by atoms with van der Waals surface area (Å²) in [7, 11) is 0. The van der Waals surface area contributed by atoms with Gasteiger partial charge in [-0.2, -0.15) is 0 Å². The van der Waals surface area contributed by atoms with Crippen LogP contribution in [0.15, 0.2) is 61.2 Å².